The van der Waals surface area contributed by atoms with Crippen LogP contribution < -0.4 is 4.90 Å². The van der Waals surface area contributed by atoms with Crippen molar-refractivity contribution < 1.29 is 9.90 Å². The lowest BCUT2D eigenvalue weighted by Gasteiger charge is -2.12. The number of carbonyl (C=O) groups is 1. The molecule has 1 aliphatic rings. The summed E-state index contributed by atoms with van der Waals surface area (Å²) in [5.41, 5.74) is 1.13. The first-order valence-corrected chi connectivity index (χ1v) is 7.86. The van der Waals surface area contributed by atoms with Gasteiger partial charge in [-0.15, -0.1) is 10.2 Å². The number of anilines is 1. The largest absolute Gasteiger partial charge is 0.481 e. The predicted octanol–water partition coefficient (Wildman–Crippen LogP) is 2.69. The SMILES string of the molecule is O=C(O)C1CCN(c2nnc(Cc3ccc(Cl)cc3)s2)C1. The van der Waals surface area contributed by atoms with Crippen molar-refractivity contribution in [1.29, 1.82) is 0 Å². The van der Waals surface area contributed by atoms with E-state index in [-0.39, 0.29) is 5.92 Å². The van der Waals surface area contributed by atoms with Crippen LogP contribution in [0.5, 0.6) is 0 Å². The molecule has 1 aromatic carbocycles. The maximum absolute atomic E-state index is 11.0. The van der Waals surface area contributed by atoms with Gasteiger partial charge in [-0.1, -0.05) is 35.1 Å². The van der Waals surface area contributed by atoms with E-state index < -0.39 is 5.97 Å². The molecule has 5 nitrogen and oxygen atoms in total. The van der Waals surface area contributed by atoms with Gasteiger partial charge >= 0.3 is 5.97 Å². The summed E-state index contributed by atoms with van der Waals surface area (Å²) in [7, 11) is 0. The lowest BCUT2D eigenvalue weighted by molar-refractivity contribution is -0.140. The minimum atomic E-state index is -0.733. The maximum atomic E-state index is 11.0. The Hall–Kier alpha value is -1.66. The Morgan fingerprint density at radius 2 is 2.14 bits per heavy atom. The van der Waals surface area contributed by atoms with Crippen molar-refractivity contribution in [3.8, 4) is 0 Å². The lowest BCUT2D eigenvalue weighted by Crippen LogP contribution is -2.22. The van der Waals surface area contributed by atoms with E-state index in [1.165, 1.54) is 11.3 Å². The third kappa shape index (κ3) is 3.33. The highest BCUT2D eigenvalue weighted by Gasteiger charge is 2.29. The molecule has 1 unspecified atom stereocenters. The van der Waals surface area contributed by atoms with E-state index in [0.29, 0.717) is 24.4 Å². The van der Waals surface area contributed by atoms with Crippen molar-refractivity contribution in [2.24, 2.45) is 5.92 Å². The second kappa shape index (κ2) is 5.99. The summed E-state index contributed by atoms with van der Waals surface area (Å²) in [6.07, 6.45) is 1.38. The molecule has 0 aliphatic carbocycles. The van der Waals surface area contributed by atoms with Crippen LogP contribution in [0.3, 0.4) is 0 Å². The molecule has 110 valence electrons. The fraction of sp³-hybridized carbons (Fsp3) is 0.357. The van der Waals surface area contributed by atoms with Crippen molar-refractivity contribution in [2.45, 2.75) is 12.8 Å². The highest BCUT2D eigenvalue weighted by Crippen LogP contribution is 2.28. The van der Waals surface area contributed by atoms with Gasteiger partial charge in [0.1, 0.15) is 5.01 Å². The molecule has 1 N–H and O–H groups in total. The number of hydrogen-bond donors (Lipinski definition) is 1. The van der Waals surface area contributed by atoms with Gasteiger partial charge in [0.2, 0.25) is 5.13 Å². The van der Waals surface area contributed by atoms with Crippen LogP contribution in [-0.2, 0) is 11.2 Å². The zero-order chi connectivity index (χ0) is 14.8. The van der Waals surface area contributed by atoms with Crippen LogP contribution in [0.1, 0.15) is 17.0 Å². The summed E-state index contributed by atoms with van der Waals surface area (Å²) >= 11 is 7.38. The first-order valence-electron chi connectivity index (χ1n) is 6.66. The van der Waals surface area contributed by atoms with Gasteiger partial charge in [0, 0.05) is 24.5 Å². The molecule has 0 amide bonds. The molecular formula is C14H14ClN3O2S. The van der Waals surface area contributed by atoms with E-state index in [9.17, 15) is 4.79 Å². The van der Waals surface area contributed by atoms with E-state index >= 15 is 0 Å². The van der Waals surface area contributed by atoms with Crippen molar-refractivity contribution in [2.75, 3.05) is 18.0 Å². The number of benzene rings is 1. The molecule has 7 heteroatoms. The Balaban J connectivity index is 1.66. The van der Waals surface area contributed by atoms with Gasteiger partial charge in [0.05, 0.1) is 5.92 Å². The molecule has 0 spiro atoms. The Bertz CT molecular complexity index is 644. The van der Waals surface area contributed by atoms with Crippen molar-refractivity contribution in [1.82, 2.24) is 10.2 Å². The van der Waals surface area contributed by atoms with Gasteiger partial charge in [-0.2, -0.15) is 0 Å². The zero-order valence-electron chi connectivity index (χ0n) is 11.2. The van der Waals surface area contributed by atoms with E-state index in [4.69, 9.17) is 16.7 Å². The number of carboxylic acid groups (broad SMARTS) is 1. The summed E-state index contributed by atoms with van der Waals surface area (Å²) in [4.78, 5) is 13.0. The van der Waals surface area contributed by atoms with Crippen LogP contribution in [0.4, 0.5) is 5.13 Å². The molecule has 2 heterocycles. The minimum absolute atomic E-state index is 0.298. The Morgan fingerprint density at radius 1 is 1.38 bits per heavy atom. The minimum Gasteiger partial charge on any atom is -0.481 e. The average Bonchev–Trinajstić information content (AvgIpc) is 3.10. The number of aromatic nitrogens is 2. The summed E-state index contributed by atoms with van der Waals surface area (Å²) in [6.45, 7) is 1.25. The van der Waals surface area contributed by atoms with Gasteiger partial charge < -0.3 is 10.0 Å². The maximum Gasteiger partial charge on any atom is 0.308 e. The summed E-state index contributed by atoms with van der Waals surface area (Å²) in [6, 6.07) is 7.66. The predicted molar refractivity (Wildman–Crippen MR) is 82.1 cm³/mol. The quantitative estimate of drug-likeness (QED) is 0.937. The number of rotatable bonds is 4. The molecule has 0 bridgehead atoms. The molecule has 3 rings (SSSR count). The van der Waals surface area contributed by atoms with Crippen LogP contribution in [0.2, 0.25) is 5.02 Å². The van der Waals surface area contributed by atoms with Crippen LogP contribution >= 0.6 is 22.9 Å². The molecular weight excluding hydrogens is 310 g/mol. The average molecular weight is 324 g/mol. The van der Waals surface area contributed by atoms with Gasteiger partial charge in [0.15, 0.2) is 0 Å². The second-order valence-corrected chi connectivity index (χ2v) is 6.53. The first-order chi connectivity index (χ1) is 10.1. The Morgan fingerprint density at radius 3 is 2.81 bits per heavy atom. The normalized spacial score (nSPS) is 18.1. The molecule has 21 heavy (non-hydrogen) atoms. The number of nitrogens with zero attached hydrogens (tertiary/aromatic N) is 3. The first kappa shape index (κ1) is 14.3. The zero-order valence-corrected chi connectivity index (χ0v) is 12.8. The number of halogens is 1. The number of aliphatic carboxylic acids is 1. The van der Waals surface area contributed by atoms with Crippen LogP contribution in [0.15, 0.2) is 24.3 Å². The summed E-state index contributed by atoms with van der Waals surface area (Å²) in [5.74, 6) is -1.03. The van der Waals surface area contributed by atoms with Crippen LogP contribution in [0, 0.1) is 5.92 Å². The highest BCUT2D eigenvalue weighted by atomic mass is 35.5. The van der Waals surface area contributed by atoms with Gasteiger partial charge in [0.25, 0.3) is 0 Å². The molecule has 1 aromatic heterocycles. The molecule has 1 saturated heterocycles. The van der Waals surface area contributed by atoms with Crippen molar-refractivity contribution >= 4 is 34.0 Å². The standard InChI is InChI=1S/C14H14ClN3O2S/c15-11-3-1-9(2-4-11)7-12-16-17-14(21-12)18-6-5-10(8-18)13(19)20/h1-4,10H,5-8H2,(H,19,20). The summed E-state index contributed by atoms with van der Waals surface area (Å²) < 4.78 is 0. The van der Waals surface area contributed by atoms with E-state index in [1.807, 2.05) is 29.2 Å². The van der Waals surface area contributed by atoms with E-state index in [1.54, 1.807) is 0 Å². The molecule has 0 radical (unpaired) electrons. The molecule has 1 atom stereocenters. The Kier molecular flexibility index (Phi) is 4.07. The smallest absolute Gasteiger partial charge is 0.308 e. The van der Waals surface area contributed by atoms with Gasteiger partial charge in [-0.3, -0.25) is 4.79 Å². The second-order valence-electron chi connectivity index (χ2n) is 5.05. The van der Waals surface area contributed by atoms with Gasteiger partial charge in [-0.25, -0.2) is 0 Å². The number of hydrogen-bond acceptors (Lipinski definition) is 5. The number of carboxylic acids is 1. The van der Waals surface area contributed by atoms with Crippen molar-refractivity contribution in [3.63, 3.8) is 0 Å². The van der Waals surface area contributed by atoms with Crippen LogP contribution in [0.25, 0.3) is 0 Å². The van der Waals surface area contributed by atoms with Crippen LogP contribution in [-0.4, -0.2) is 34.4 Å². The topological polar surface area (TPSA) is 66.3 Å². The lowest BCUT2D eigenvalue weighted by atomic mass is 10.1. The fourth-order valence-corrected chi connectivity index (χ4v) is 3.39. The molecule has 1 fully saturated rings. The fourth-order valence-electron chi connectivity index (χ4n) is 2.36. The Labute approximate surface area is 131 Å². The van der Waals surface area contributed by atoms with E-state index in [0.717, 1.165) is 22.2 Å². The highest BCUT2D eigenvalue weighted by molar-refractivity contribution is 7.15. The monoisotopic (exact) mass is 323 g/mol. The molecule has 2 aromatic rings. The third-order valence-corrected chi connectivity index (χ3v) is 4.77. The summed E-state index contributed by atoms with van der Waals surface area (Å²) in [5, 5.41) is 19.9. The molecule has 1 aliphatic heterocycles. The van der Waals surface area contributed by atoms with Crippen molar-refractivity contribution in [3.05, 3.63) is 39.9 Å². The van der Waals surface area contributed by atoms with Gasteiger partial charge in [-0.05, 0) is 24.1 Å². The molecule has 0 saturated carbocycles. The third-order valence-electron chi connectivity index (χ3n) is 3.53. The van der Waals surface area contributed by atoms with E-state index in [2.05, 4.69) is 10.2 Å².